The molecule has 43 heavy (non-hydrogen) atoms. The molecule has 2 fully saturated rings. The van der Waals surface area contributed by atoms with Gasteiger partial charge < -0.3 is 14.4 Å². The standard InChI is InChI=1S/C34H38Cl2N2O4S/c1-33(2,3)43-20-28(21-9-10-21)38-29(22-11-14-25(35)15-12-22)30(23-7-6-8-26(36)17-23)42-34(4,32(38)40)18-27-16-13-24(19-37-27)31(39)41-5/h6-8,11-17,19,21,28-30H,9-10,18,20H2,1-5H3. The number of esters is 1. The van der Waals surface area contributed by atoms with Crippen LogP contribution in [-0.4, -0.2) is 51.0 Å². The van der Waals surface area contributed by atoms with Crippen molar-refractivity contribution in [2.24, 2.45) is 5.92 Å². The van der Waals surface area contributed by atoms with Crippen molar-refractivity contribution in [1.29, 1.82) is 0 Å². The molecule has 0 bridgehead atoms. The van der Waals surface area contributed by atoms with Gasteiger partial charge in [-0.15, -0.1) is 0 Å². The zero-order valence-electron chi connectivity index (χ0n) is 25.2. The lowest BCUT2D eigenvalue weighted by Gasteiger charge is -2.52. The number of hydrogen-bond acceptors (Lipinski definition) is 6. The number of pyridine rings is 1. The van der Waals surface area contributed by atoms with E-state index in [-0.39, 0.29) is 23.1 Å². The summed E-state index contributed by atoms with van der Waals surface area (Å²) in [4.78, 5) is 33.5. The quantitative estimate of drug-likeness (QED) is 0.220. The topological polar surface area (TPSA) is 68.7 Å². The van der Waals surface area contributed by atoms with Gasteiger partial charge in [-0.25, -0.2) is 4.79 Å². The Morgan fingerprint density at radius 1 is 1.09 bits per heavy atom. The Labute approximate surface area is 268 Å². The van der Waals surface area contributed by atoms with Crippen LogP contribution in [0.3, 0.4) is 0 Å². The second kappa shape index (κ2) is 12.8. The Kier molecular flexibility index (Phi) is 9.48. The maximum atomic E-state index is 14.9. The third-order valence-electron chi connectivity index (χ3n) is 8.02. The minimum absolute atomic E-state index is 0.0111. The van der Waals surface area contributed by atoms with Crippen molar-refractivity contribution in [3.63, 3.8) is 0 Å². The van der Waals surface area contributed by atoms with Gasteiger partial charge in [-0.3, -0.25) is 9.78 Å². The summed E-state index contributed by atoms with van der Waals surface area (Å²) in [6, 6.07) is 18.4. The van der Waals surface area contributed by atoms with Crippen LogP contribution in [0.15, 0.2) is 66.9 Å². The number of methoxy groups -OCH3 is 1. The van der Waals surface area contributed by atoms with E-state index in [0.717, 1.165) is 29.7 Å². The molecular weight excluding hydrogens is 603 g/mol. The number of carbonyl (C=O) groups excluding carboxylic acids is 2. The zero-order chi connectivity index (χ0) is 30.9. The van der Waals surface area contributed by atoms with Crippen molar-refractivity contribution in [2.75, 3.05) is 12.9 Å². The van der Waals surface area contributed by atoms with Gasteiger partial charge in [-0.1, -0.05) is 68.2 Å². The molecule has 0 radical (unpaired) electrons. The van der Waals surface area contributed by atoms with E-state index in [1.54, 1.807) is 12.1 Å². The smallest absolute Gasteiger partial charge is 0.339 e. The number of amides is 1. The Bertz CT molecular complexity index is 1460. The summed E-state index contributed by atoms with van der Waals surface area (Å²) < 4.78 is 11.8. The lowest BCUT2D eigenvalue weighted by molar-refractivity contribution is -0.202. The Morgan fingerprint density at radius 3 is 2.40 bits per heavy atom. The SMILES string of the molecule is COC(=O)c1ccc(CC2(C)OC(c3cccc(Cl)c3)C(c3ccc(Cl)cc3)N(C(CSC(C)(C)C)C3CC3)C2=O)nc1. The van der Waals surface area contributed by atoms with Crippen LogP contribution in [0.25, 0.3) is 0 Å². The van der Waals surface area contributed by atoms with Crippen molar-refractivity contribution in [3.8, 4) is 0 Å². The summed E-state index contributed by atoms with van der Waals surface area (Å²) in [6.45, 7) is 8.49. The minimum atomic E-state index is -1.23. The minimum Gasteiger partial charge on any atom is -0.465 e. The monoisotopic (exact) mass is 640 g/mol. The van der Waals surface area contributed by atoms with E-state index >= 15 is 0 Å². The molecule has 2 heterocycles. The third-order valence-corrected chi connectivity index (χ3v) is 9.89. The third kappa shape index (κ3) is 7.39. The molecule has 9 heteroatoms. The molecule has 1 saturated heterocycles. The second-order valence-electron chi connectivity index (χ2n) is 12.6. The molecule has 1 aromatic heterocycles. The van der Waals surface area contributed by atoms with Crippen molar-refractivity contribution in [1.82, 2.24) is 9.88 Å². The van der Waals surface area contributed by atoms with Crippen LogP contribution in [0.2, 0.25) is 10.0 Å². The van der Waals surface area contributed by atoms with Gasteiger partial charge in [-0.05, 0) is 73.2 Å². The number of aromatic nitrogens is 1. The number of carbonyl (C=O) groups is 2. The van der Waals surface area contributed by atoms with Gasteiger partial charge in [-0.2, -0.15) is 11.8 Å². The van der Waals surface area contributed by atoms with E-state index in [4.69, 9.17) is 32.7 Å². The summed E-state index contributed by atoms with van der Waals surface area (Å²) in [5.74, 6) is 0.690. The Hall–Kier alpha value is -2.58. The molecule has 1 saturated carbocycles. The molecule has 3 aromatic rings. The first-order valence-electron chi connectivity index (χ1n) is 14.6. The normalized spacial score (nSPS) is 23.2. The molecule has 4 unspecified atom stereocenters. The van der Waals surface area contributed by atoms with Crippen LogP contribution in [0.5, 0.6) is 0 Å². The average Bonchev–Trinajstić information content (AvgIpc) is 3.81. The molecule has 228 valence electrons. The number of nitrogens with zero attached hydrogens (tertiary/aromatic N) is 2. The van der Waals surface area contributed by atoms with E-state index in [2.05, 4.69) is 30.7 Å². The fourth-order valence-electron chi connectivity index (χ4n) is 5.72. The highest BCUT2D eigenvalue weighted by Gasteiger charge is 2.55. The van der Waals surface area contributed by atoms with E-state index in [1.165, 1.54) is 13.3 Å². The highest BCUT2D eigenvalue weighted by Crippen LogP contribution is 2.51. The first-order valence-corrected chi connectivity index (χ1v) is 16.3. The molecule has 4 atom stereocenters. The van der Waals surface area contributed by atoms with Gasteiger partial charge in [0.2, 0.25) is 0 Å². The maximum Gasteiger partial charge on any atom is 0.339 e. The highest BCUT2D eigenvalue weighted by molar-refractivity contribution is 8.00. The molecule has 0 N–H and O–H groups in total. The van der Waals surface area contributed by atoms with E-state index in [0.29, 0.717) is 27.2 Å². The molecule has 2 aliphatic rings. The molecule has 1 aliphatic carbocycles. The fourth-order valence-corrected chi connectivity index (χ4v) is 7.15. The van der Waals surface area contributed by atoms with Crippen molar-refractivity contribution in [3.05, 3.63) is 99.3 Å². The summed E-state index contributed by atoms with van der Waals surface area (Å²) >= 11 is 14.7. The van der Waals surface area contributed by atoms with Crippen LogP contribution in [0.1, 0.15) is 79.9 Å². The summed E-state index contributed by atoms with van der Waals surface area (Å²) in [5, 5.41) is 1.23. The van der Waals surface area contributed by atoms with Crippen LogP contribution in [0.4, 0.5) is 0 Å². The zero-order valence-corrected chi connectivity index (χ0v) is 27.5. The first-order chi connectivity index (χ1) is 20.4. The molecule has 1 aliphatic heterocycles. The van der Waals surface area contributed by atoms with E-state index < -0.39 is 23.7 Å². The second-order valence-corrected chi connectivity index (χ2v) is 15.3. The predicted molar refractivity (Wildman–Crippen MR) is 173 cm³/mol. The molecule has 1 amide bonds. The average molecular weight is 642 g/mol. The van der Waals surface area contributed by atoms with Gasteiger partial charge >= 0.3 is 5.97 Å². The van der Waals surface area contributed by atoms with Crippen molar-refractivity contribution < 1.29 is 19.1 Å². The fraction of sp³-hybridized carbons (Fsp3) is 0.441. The Balaban J connectivity index is 1.62. The van der Waals surface area contributed by atoms with Crippen LogP contribution >= 0.6 is 35.0 Å². The lowest BCUT2D eigenvalue weighted by Crippen LogP contribution is -2.62. The predicted octanol–water partition coefficient (Wildman–Crippen LogP) is 8.13. The van der Waals surface area contributed by atoms with Gasteiger partial charge in [0.1, 0.15) is 6.10 Å². The molecule has 2 aromatic carbocycles. The number of ether oxygens (including phenoxy) is 2. The van der Waals surface area contributed by atoms with Crippen molar-refractivity contribution >= 4 is 46.8 Å². The Morgan fingerprint density at radius 2 is 1.81 bits per heavy atom. The van der Waals surface area contributed by atoms with E-state index in [1.807, 2.05) is 67.2 Å². The van der Waals surface area contributed by atoms with Crippen LogP contribution in [0, 0.1) is 5.92 Å². The summed E-state index contributed by atoms with van der Waals surface area (Å²) in [5.41, 5.74) is 1.61. The molecule has 5 rings (SSSR count). The lowest BCUT2D eigenvalue weighted by atomic mass is 9.85. The maximum absolute atomic E-state index is 14.9. The summed E-state index contributed by atoms with van der Waals surface area (Å²) in [7, 11) is 1.34. The van der Waals surface area contributed by atoms with Gasteiger partial charge in [0.05, 0.1) is 18.7 Å². The number of hydrogen-bond donors (Lipinski definition) is 0. The van der Waals surface area contributed by atoms with Gasteiger partial charge in [0, 0.05) is 44.9 Å². The molecular formula is C34H38Cl2N2O4S. The first kappa shape index (κ1) is 31.8. The van der Waals surface area contributed by atoms with Crippen LogP contribution in [-0.2, 0) is 20.7 Å². The van der Waals surface area contributed by atoms with E-state index in [9.17, 15) is 9.59 Å². The molecule has 0 spiro atoms. The number of morpholine rings is 1. The highest BCUT2D eigenvalue weighted by atomic mass is 35.5. The van der Waals surface area contributed by atoms with Crippen molar-refractivity contribution in [2.45, 2.75) is 75.5 Å². The number of thioether (sulfide) groups is 1. The van der Waals surface area contributed by atoms with Gasteiger partial charge in [0.15, 0.2) is 5.60 Å². The number of halogens is 2. The number of rotatable bonds is 9. The number of benzene rings is 2. The van der Waals surface area contributed by atoms with Gasteiger partial charge in [0.25, 0.3) is 5.91 Å². The summed E-state index contributed by atoms with van der Waals surface area (Å²) in [6.07, 6.45) is 3.38. The molecule has 6 nitrogen and oxygen atoms in total. The largest absolute Gasteiger partial charge is 0.465 e. The van der Waals surface area contributed by atoms with Crippen LogP contribution < -0.4 is 0 Å².